The van der Waals surface area contributed by atoms with E-state index in [4.69, 9.17) is 0 Å². The first-order chi connectivity index (χ1) is 11.7. The third kappa shape index (κ3) is 4.17. The zero-order valence-electron chi connectivity index (χ0n) is 14.2. The van der Waals surface area contributed by atoms with Gasteiger partial charge >= 0.3 is 0 Å². The zero-order chi connectivity index (χ0) is 16.9. The zero-order valence-corrected chi connectivity index (χ0v) is 15.0. The van der Waals surface area contributed by atoms with Crippen molar-refractivity contribution in [2.75, 3.05) is 0 Å². The van der Waals surface area contributed by atoms with Crippen LogP contribution in [0.1, 0.15) is 57.2 Å². The van der Waals surface area contributed by atoms with E-state index in [9.17, 15) is 4.79 Å². The highest BCUT2D eigenvalue weighted by Gasteiger charge is 2.28. The average Bonchev–Trinajstić information content (AvgIpc) is 3.34. The van der Waals surface area contributed by atoms with Gasteiger partial charge in [0.25, 0.3) is 0 Å². The smallest absolute Gasteiger partial charge is 0.233 e. The van der Waals surface area contributed by atoms with Crippen molar-refractivity contribution < 1.29 is 4.79 Å². The van der Waals surface area contributed by atoms with E-state index in [0.717, 1.165) is 23.6 Å². The Labute approximate surface area is 147 Å². The van der Waals surface area contributed by atoms with E-state index in [-0.39, 0.29) is 17.2 Å². The predicted molar refractivity (Wildman–Crippen MR) is 95.8 cm³/mol. The molecule has 1 fully saturated rings. The number of hydrogen-bond acceptors (Lipinski definition) is 4. The molecule has 24 heavy (non-hydrogen) atoms. The van der Waals surface area contributed by atoms with E-state index >= 15 is 0 Å². The summed E-state index contributed by atoms with van der Waals surface area (Å²) in [4.78, 5) is 12.6. The summed E-state index contributed by atoms with van der Waals surface area (Å²) in [6.07, 6.45) is 6.09. The molecule has 0 bridgehead atoms. The van der Waals surface area contributed by atoms with Gasteiger partial charge in [0.2, 0.25) is 5.91 Å². The van der Waals surface area contributed by atoms with E-state index in [2.05, 4.69) is 39.1 Å². The van der Waals surface area contributed by atoms with Crippen LogP contribution in [0.25, 0.3) is 0 Å². The lowest BCUT2D eigenvalue weighted by atomic mass is 10.0. The largest absolute Gasteiger partial charge is 0.348 e. The van der Waals surface area contributed by atoms with Crippen molar-refractivity contribution in [3.8, 4) is 0 Å². The van der Waals surface area contributed by atoms with Crippen molar-refractivity contribution in [3.63, 3.8) is 0 Å². The summed E-state index contributed by atoms with van der Waals surface area (Å²) in [5, 5.41) is 12.0. The van der Waals surface area contributed by atoms with Crippen LogP contribution in [-0.4, -0.2) is 25.9 Å². The molecule has 3 rings (SSSR count). The fraction of sp³-hybridized carbons (Fsp3) is 0.500. The summed E-state index contributed by atoms with van der Waals surface area (Å²) in [6.45, 7) is 4.07. The molecular formula is C18H24N4OS. The molecule has 0 aliphatic heterocycles. The first-order valence-electron chi connectivity index (χ1n) is 8.60. The Bertz CT molecular complexity index is 669. The second-order valence-electron chi connectivity index (χ2n) is 6.27. The van der Waals surface area contributed by atoms with Gasteiger partial charge in [-0.25, -0.2) is 0 Å². The molecule has 0 saturated heterocycles. The van der Waals surface area contributed by atoms with Gasteiger partial charge in [-0.1, -0.05) is 55.4 Å². The van der Waals surface area contributed by atoms with E-state index < -0.39 is 0 Å². The Morgan fingerprint density at radius 1 is 1.38 bits per heavy atom. The molecule has 1 aromatic carbocycles. The van der Waals surface area contributed by atoms with E-state index in [0.29, 0.717) is 6.04 Å². The third-order valence-electron chi connectivity index (χ3n) is 4.23. The van der Waals surface area contributed by atoms with E-state index in [1.807, 2.05) is 25.1 Å². The van der Waals surface area contributed by atoms with Crippen LogP contribution in [0.5, 0.6) is 0 Å². The predicted octanol–water partition coefficient (Wildman–Crippen LogP) is 3.75. The number of aromatic nitrogens is 3. The maximum atomic E-state index is 12.6. The number of hydrogen-bond donors (Lipinski definition) is 1. The topological polar surface area (TPSA) is 59.8 Å². The number of thioether (sulfide) groups is 1. The average molecular weight is 344 g/mol. The lowest BCUT2D eigenvalue weighted by Crippen LogP contribution is -2.34. The maximum Gasteiger partial charge on any atom is 0.233 e. The molecule has 2 aromatic rings. The van der Waals surface area contributed by atoms with Gasteiger partial charge in [-0.05, 0) is 31.7 Å². The quantitative estimate of drug-likeness (QED) is 0.741. The van der Waals surface area contributed by atoms with Gasteiger partial charge in [-0.2, -0.15) is 0 Å². The normalized spacial score (nSPS) is 16.6. The van der Waals surface area contributed by atoms with Crippen LogP contribution < -0.4 is 5.32 Å². The number of carbonyl (C=O) groups is 1. The van der Waals surface area contributed by atoms with Gasteiger partial charge in [0.1, 0.15) is 6.33 Å². The molecule has 1 aromatic heterocycles. The van der Waals surface area contributed by atoms with Crippen LogP contribution in [0.15, 0.2) is 41.8 Å². The number of benzene rings is 1. The van der Waals surface area contributed by atoms with Gasteiger partial charge < -0.3 is 9.88 Å². The standard InChI is InChI=1S/C18H24N4OS/c1-3-7-16(14-8-5-4-6-9-14)20-17(23)13(2)24-18-21-19-12-22(18)15-10-11-15/h4-6,8-9,12-13,15-16H,3,7,10-11H2,1-2H3,(H,20,23). The molecule has 1 heterocycles. The molecule has 2 unspecified atom stereocenters. The van der Waals surface area contributed by atoms with Crippen LogP contribution in [0.2, 0.25) is 0 Å². The molecule has 1 amide bonds. The minimum Gasteiger partial charge on any atom is -0.348 e. The van der Waals surface area contributed by atoms with Gasteiger partial charge in [0.05, 0.1) is 11.3 Å². The molecule has 1 saturated carbocycles. The molecule has 1 aliphatic carbocycles. The van der Waals surface area contributed by atoms with Crippen LogP contribution in [0.3, 0.4) is 0 Å². The summed E-state index contributed by atoms with van der Waals surface area (Å²) < 4.78 is 2.09. The summed E-state index contributed by atoms with van der Waals surface area (Å²) >= 11 is 1.49. The van der Waals surface area contributed by atoms with Crippen LogP contribution >= 0.6 is 11.8 Å². The summed E-state index contributed by atoms with van der Waals surface area (Å²) in [5.41, 5.74) is 1.16. The lowest BCUT2D eigenvalue weighted by molar-refractivity contribution is -0.121. The highest BCUT2D eigenvalue weighted by molar-refractivity contribution is 8.00. The maximum absolute atomic E-state index is 12.6. The van der Waals surface area contributed by atoms with Gasteiger partial charge in [-0.15, -0.1) is 10.2 Å². The number of carbonyl (C=O) groups excluding carboxylic acids is 1. The second-order valence-corrected chi connectivity index (χ2v) is 7.58. The van der Waals surface area contributed by atoms with Gasteiger partial charge in [0.15, 0.2) is 5.16 Å². The Kier molecular flexibility index (Phi) is 5.56. The summed E-state index contributed by atoms with van der Waals surface area (Å²) in [6, 6.07) is 10.8. The molecule has 1 aliphatic rings. The van der Waals surface area contributed by atoms with Crippen molar-refractivity contribution in [1.82, 2.24) is 20.1 Å². The number of nitrogens with one attached hydrogen (secondary N) is 1. The van der Waals surface area contributed by atoms with Crippen LogP contribution in [0, 0.1) is 0 Å². The SMILES string of the molecule is CCCC(NC(=O)C(C)Sc1nncn1C1CC1)c1ccccc1. The van der Waals surface area contributed by atoms with Crippen molar-refractivity contribution >= 4 is 17.7 Å². The molecule has 6 heteroatoms. The first kappa shape index (κ1) is 17.0. The summed E-state index contributed by atoms with van der Waals surface area (Å²) in [7, 11) is 0. The molecule has 2 atom stereocenters. The summed E-state index contributed by atoms with van der Waals surface area (Å²) in [5.74, 6) is 0.0487. The van der Waals surface area contributed by atoms with Crippen molar-refractivity contribution in [3.05, 3.63) is 42.2 Å². The molecule has 128 valence electrons. The number of nitrogens with zero attached hydrogens (tertiary/aromatic N) is 3. The molecule has 5 nitrogen and oxygen atoms in total. The Morgan fingerprint density at radius 3 is 2.79 bits per heavy atom. The Balaban J connectivity index is 1.62. The lowest BCUT2D eigenvalue weighted by Gasteiger charge is -2.21. The molecule has 1 N–H and O–H groups in total. The molecular weight excluding hydrogens is 320 g/mol. The fourth-order valence-electron chi connectivity index (χ4n) is 2.72. The van der Waals surface area contributed by atoms with Gasteiger partial charge in [-0.3, -0.25) is 4.79 Å². The minimum atomic E-state index is -0.199. The second kappa shape index (κ2) is 7.83. The van der Waals surface area contributed by atoms with Crippen LogP contribution in [0.4, 0.5) is 0 Å². The first-order valence-corrected chi connectivity index (χ1v) is 9.48. The van der Waals surface area contributed by atoms with Crippen LogP contribution in [-0.2, 0) is 4.79 Å². The highest BCUT2D eigenvalue weighted by atomic mass is 32.2. The molecule has 0 radical (unpaired) electrons. The van der Waals surface area contributed by atoms with Crippen molar-refractivity contribution in [2.24, 2.45) is 0 Å². The molecule has 0 spiro atoms. The van der Waals surface area contributed by atoms with E-state index in [1.54, 1.807) is 6.33 Å². The van der Waals surface area contributed by atoms with E-state index in [1.165, 1.54) is 24.6 Å². The highest BCUT2D eigenvalue weighted by Crippen LogP contribution is 2.38. The minimum absolute atomic E-state index is 0.0487. The Morgan fingerprint density at radius 2 is 2.12 bits per heavy atom. The number of amides is 1. The number of rotatable bonds is 8. The van der Waals surface area contributed by atoms with Gasteiger partial charge in [0, 0.05) is 6.04 Å². The Hall–Kier alpha value is -1.82. The monoisotopic (exact) mass is 344 g/mol. The van der Waals surface area contributed by atoms with Crippen molar-refractivity contribution in [1.29, 1.82) is 0 Å². The van der Waals surface area contributed by atoms with Crippen molar-refractivity contribution in [2.45, 2.75) is 62.0 Å². The third-order valence-corrected chi connectivity index (χ3v) is 5.30. The fourth-order valence-corrected chi connectivity index (χ4v) is 3.62.